The van der Waals surface area contributed by atoms with Crippen molar-refractivity contribution in [3.8, 4) is 0 Å². The highest BCUT2D eigenvalue weighted by molar-refractivity contribution is 5.73. The van der Waals surface area contributed by atoms with Crippen molar-refractivity contribution in [2.45, 2.75) is 33.1 Å². The molecule has 4 aliphatic carbocycles. The number of rotatable bonds is 3. The van der Waals surface area contributed by atoms with E-state index in [1.54, 1.807) is 7.11 Å². The summed E-state index contributed by atoms with van der Waals surface area (Å²) in [6.45, 7) is 5.01. The van der Waals surface area contributed by atoms with E-state index in [2.05, 4.69) is 13.8 Å². The molecule has 112 valence electrons. The molecule has 0 radical (unpaired) electrons. The van der Waals surface area contributed by atoms with E-state index >= 15 is 0 Å². The van der Waals surface area contributed by atoms with Crippen LogP contribution in [-0.4, -0.2) is 19.9 Å². The first-order chi connectivity index (χ1) is 9.63. The molecule has 0 N–H and O–H groups in total. The zero-order valence-electron chi connectivity index (χ0n) is 12.7. The van der Waals surface area contributed by atoms with Crippen molar-refractivity contribution in [2.75, 3.05) is 13.9 Å². The molecule has 3 nitrogen and oxygen atoms in total. The molecule has 0 aromatic heterocycles. The van der Waals surface area contributed by atoms with Crippen LogP contribution in [0.5, 0.6) is 0 Å². The van der Waals surface area contributed by atoms with Crippen LogP contribution in [0.15, 0.2) is 0 Å². The van der Waals surface area contributed by atoms with Gasteiger partial charge in [0.15, 0.2) is 6.79 Å². The first-order valence-corrected chi connectivity index (χ1v) is 8.29. The van der Waals surface area contributed by atoms with Gasteiger partial charge in [-0.15, -0.1) is 0 Å². The topological polar surface area (TPSA) is 35.5 Å². The lowest BCUT2D eigenvalue weighted by Gasteiger charge is -2.42. The Morgan fingerprint density at radius 3 is 2.40 bits per heavy atom. The van der Waals surface area contributed by atoms with Gasteiger partial charge in [-0.2, -0.15) is 0 Å². The second kappa shape index (κ2) is 4.46. The lowest BCUT2D eigenvalue weighted by molar-refractivity contribution is -0.163. The summed E-state index contributed by atoms with van der Waals surface area (Å²) in [7, 11) is 1.57. The Bertz CT molecular complexity index is 420. The molecule has 20 heavy (non-hydrogen) atoms. The van der Waals surface area contributed by atoms with E-state index < -0.39 is 0 Å². The molecule has 9 atom stereocenters. The largest absolute Gasteiger partial charge is 0.438 e. The highest BCUT2D eigenvalue weighted by Gasteiger charge is 2.66. The smallest absolute Gasteiger partial charge is 0.311 e. The minimum absolute atomic E-state index is 0.00118. The number of ether oxygens (including phenoxy) is 2. The third kappa shape index (κ3) is 1.53. The predicted molar refractivity (Wildman–Crippen MR) is 74.6 cm³/mol. The fraction of sp³-hybridized carbons (Fsp3) is 0.941. The first-order valence-electron chi connectivity index (χ1n) is 8.29. The van der Waals surface area contributed by atoms with Crippen molar-refractivity contribution < 1.29 is 14.3 Å². The average Bonchev–Trinajstić information content (AvgIpc) is 3.15. The Kier molecular flexibility index (Phi) is 2.93. The molecule has 4 saturated carbocycles. The summed E-state index contributed by atoms with van der Waals surface area (Å²) in [5.74, 6) is 6.93. The van der Waals surface area contributed by atoms with E-state index in [1.807, 2.05) is 0 Å². The van der Waals surface area contributed by atoms with Gasteiger partial charge in [-0.05, 0) is 66.6 Å². The van der Waals surface area contributed by atoms with E-state index in [9.17, 15) is 4.79 Å². The summed E-state index contributed by atoms with van der Waals surface area (Å²) < 4.78 is 10.1. The van der Waals surface area contributed by atoms with Crippen LogP contribution in [0.4, 0.5) is 0 Å². The van der Waals surface area contributed by atoms with Crippen molar-refractivity contribution in [3.05, 3.63) is 0 Å². The van der Waals surface area contributed by atoms with Crippen LogP contribution in [0.3, 0.4) is 0 Å². The maximum Gasteiger partial charge on any atom is 0.311 e. The first kappa shape index (κ1) is 13.1. The van der Waals surface area contributed by atoms with Crippen LogP contribution in [0.1, 0.15) is 33.1 Å². The van der Waals surface area contributed by atoms with Crippen LogP contribution in [-0.2, 0) is 14.3 Å². The molecule has 0 saturated heterocycles. The second-order valence-electron chi connectivity index (χ2n) is 7.81. The van der Waals surface area contributed by atoms with Crippen LogP contribution in [0, 0.1) is 53.3 Å². The minimum atomic E-state index is 0.00118. The van der Waals surface area contributed by atoms with Crippen molar-refractivity contribution in [1.29, 1.82) is 0 Å². The molecular formula is C17H26O3. The van der Waals surface area contributed by atoms with Crippen molar-refractivity contribution in [1.82, 2.24) is 0 Å². The summed E-state index contributed by atoms with van der Waals surface area (Å²) >= 11 is 0. The maximum absolute atomic E-state index is 12.2. The van der Waals surface area contributed by atoms with Crippen molar-refractivity contribution in [3.63, 3.8) is 0 Å². The summed E-state index contributed by atoms with van der Waals surface area (Å²) in [6.07, 6.45) is 3.80. The predicted octanol–water partition coefficient (Wildman–Crippen LogP) is 2.94. The third-order valence-corrected chi connectivity index (χ3v) is 7.47. The zero-order chi connectivity index (χ0) is 14.0. The van der Waals surface area contributed by atoms with Gasteiger partial charge in [-0.1, -0.05) is 13.8 Å². The molecule has 0 amide bonds. The van der Waals surface area contributed by atoms with Crippen LogP contribution < -0.4 is 0 Å². The quantitative estimate of drug-likeness (QED) is 0.452. The molecule has 0 aliphatic heterocycles. The number of fused-ring (bicyclic) bond motifs is 9. The van der Waals surface area contributed by atoms with Gasteiger partial charge >= 0.3 is 5.97 Å². The van der Waals surface area contributed by atoms with E-state index in [1.165, 1.54) is 12.8 Å². The molecule has 4 aliphatic rings. The molecule has 4 bridgehead atoms. The maximum atomic E-state index is 12.2. The SMILES string of the molecule is COCOC(=O)C1CC2CC1C1C3CC(C(C)C3C)C21. The van der Waals surface area contributed by atoms with Gasteiger partial charge in [0.05, 0.1) is 5.92 Å². The molecule has 4 rings (SSSR count). The Labute approximate surface area is 121 Å². The molecule has 0 aromatic carbocycles. The van der Waals surface area contributed by atoms with E-state index in [0.717, 1.165) is 47.8 Å². The van der Waals surface area contributed by atoms with Crippen LogP contribution >= 0.6 is 0 Å². The van der Waals surface area contributed by atoms with E-state index in [-0.39, 0.29) is 18.7 Å². The molecule has 9 unspecified atom stereocenters. The second-order valence-corrected chi connectivity index (χ2v) is 7.81. The van der Waals surface area contributed by atoms with E-state index in [0.29, 0.717) is 5.92 Å². The van der Waals surface area contributed by atoms with Crippen LogP contribution in [0.2, 0.25) is 0 Å². The fourth-order valence-electron chi connectivity index (χ4n) is 6.72. The lowest BCUT2D eigenvalue weighted by Crippen LogP contribution is -2.41. The van der Waals surface area contributed by atoms with E-state index in [4.69, 9.17) is 9.47 Å². The molecule has 0 aromatic rings. The number of carbonyl (C=O) groups is 1. The monoisotopic (exact) mass is 278 g/mol. The van der Waals surface area contributed by atoms with Gasteiger partial charge in [-0.25, -0.2) is 0 Å². The third-order valence-electron chi connectivity index (χ3n) is 7.47. The summed E-state index contributed by atoms with van der Waals surface area (Å²) in [6, 6.07) is 0. The molecule has 4 fully saturated rings. The fourth-order valence-corrected chi connectivity index (χ4v) is 6.72. The number of esters is 1. The Morgan fingerprint density at radius 1 is 1.00 bits per heavy atom. The minimum Gasteiger partial charge on any atom is -0.438 e. The zero-order valence-corrected chi connectivity index (χ0v) is 12.7. The Morgan fingerprint density at radius 2 is 1.70 bits per heavy atom. The average molecular weight is 278 g/mol. The Hall–Kier alpha value is -0.570. The molecule has 0 spiro atoms. The van der Waals surface area contributed by atoms with Gasteiger partial charge in [0.1, 0.15) is 0 Å². The van der Waals surface area contributed by atoms with Gasteiger partial charge in [0.2, 0.25) is 0 Å². The normalized spacial score (nSPS) is 55.2. The van der Waals surface area contributed by atoms with Gasteiger partial charge < -0.3 is 9.47 Å². The number of hydrogen-bond donors (Lipinski definition) is 0. The van der Waals surface area contributed by atoms with Crippen molar-refractivity contribution >= 4 is 5.97 Å². The number of methoxy groups -OCH3 is 1. The molecule has 0 heterocycles. The molecular weight excluding hydrogens is 252 g/mol. The van der Waals surface area contributed by atoms with Gasteiger partial charge in [0.25, 0.3) is 0 Å². The standard InChI is InChI=1S/C17H26O3/c1-8-9(2)12-6-11(8)15-10-4-13(16(12)15)14(5-10)17(18)20-7-19-3/h8-16H,4-7H2,1-3H3. The highest BCUT2D eigenvalue weighted by Crippen LogP contribution is 2.71. The Balaban J connectivity index is 1.52. The molecule has 3 heteroatoms. The summed E-state index contributed by atoms with van der Waals surface area (Å²) in [5.41, 5.74) is 0. The van der Waals surface area contributed by atoms with Crippen LogP contribution in [0.25, 0.3) is 0 Å². The lowest BCUT2D eigenvalue weighted by atomic mass is 9.62. The van der Waals surface area contributed by atoms with Gasteiger partial charge in [-0.3, -0.25) is 4.79 Å². The summed E-state index contributed by atoms with van der Waals surface area (Å²) in [4.78, 5) is 12.2. The summed E-state index contributed by atoms with van der Waals surface area (Å²) in [5, 5.41) is 0. The van der Waals surface area contributed by atoms with Crippen molar-refractivity contribution in [2.24, 2.45) is 53.3 Å². The highest BCUT2D eigenvalue weighted by atomic mass is 16.7. The van der Waals surface area contributed by atoms with Gasteiger partial charge in [0, 0.05) is 7.11 Å². The number of hydrogen-bond acceptors (Lipinski definition) is 3. The number of carbonyl (C=O) groups excluding carboxylic acids is 1.